The highest BCUT2D eigenvalue weighted by Gasteiger charge is 2.36. The number of rotatable bonds is 6. The second-order valence-corrected chi connectivity index (χ2v) is 10.2. The van der Waals surface area contributed by atoms with E-state index in [-0.39, 0.29) is 12.5 Å². The van der Waals surface area contributed by atoms with Gasteiger partial charge in [-0.15, -0.1) is 0 Å². The molecule has 0 fully saturated rings. The number of hydrogen-bond acceptors (Lipinski definition) is 6. The van der Waals surface area contributed by atoms with Crippen LogP contribution in [0.15, 0.2) is 76.4 Å². The van der Waals surface area contributed by atoms with Crippen molar-refractivity contribution in [3.8, 4) is 5.75 Å². The van der Waals surface area contributed by atoms with Gasteiger partial charge < -0.3 is 15.4 Å². The molecule has 1 amide bonds. The quantitative estimate of drug-likeness (QED) is 0.261. The number of tetrazole rings is 1. The van der Waals surface area contributed by atoms with Crippen LogP contribution >= 0.6 is 39.1 Å². The Balaban J connectivity index is 1.56. The second-order valence-electron chi connectivity index (χ2n) is 8.49. The maximum atomic E-state index is 13.7. The number of nitrogens with zero attached hydrogens (tertiary/aromatic N) is 4. The van der Waals surface area contributed by atoms with Crippen LogP contribution in [0, 0.1) is 6.92 Å². The molecule has 5 rings (SSSR count). The normalized spacial score (nSPS) is 14.7. The van der Waals surface area contributed by atoms with Crippen LogP contribution in [0.3, 0.4) is 0 Å². The Morgan fingerprint density at radius 3 is 2.73 bits per heavy atom. The van der Waals surface area contributed by atoms with Crippen LogP contribution in [0.2, 0.25) is 10.0 Å². The van der Waals surface area contributed by atoms with Gasteiger partial charge in [-0.05, 0) is 66.2 Å². The van der Waals surface area contributed by atoms with Crippen molar-refractivity contribution in [1.82, 2.24) is 20.2 Å². The first kappa shape index (κ1) is 25.3. The molecule has 1 aromatic heterocycles. The monoisotopic (exact) mass is 598 g/mol. The van der Waals surface area contributed by atoms with Crippen LogP contribution in [0.5, 0.6) is 5.75 Å². The molecule has 0 radical (unpaired) electrons. The van der Waals surface area contributed by atoms with E-state index in [2.05, 4.69) is 42.1 Å². The molecule has 11 heteroatoms. The third-order valence-electron chi connectivity index (χ3n) is 6.02. The van der Waals surface area contributed by atoms with Crippen molar-refractivity contribution in [2.24, 2.45) is 0 Å². The highest BCUT2D eigenvalue weighted by Crippen LogP contribution is 2.40. The molecule has 1 atom stereocenters. The van der Waals surface area contributed by atoms with E-state index < -0.39 is 6.04 Å². The molecule has 2 heterocycles. The Bertz CT molecular complexity index is 1540. The average molecular weight is 600 g/mol. The zero-order chi connectivity index (χ0) is 26.1. The number of carbonyl (C=O) groups is 1. The van der Waals surface area contributed by atoms with Gasteiger partial charge in [0.15, 0.2) is 0 Å². The summed E-state index contributed by atoms with van der Waals surface area (Å²) in [5, 5.41) is 19.3. The molecule has 8 nitrogen and oxygen atoms in total. The van der Waals surface area contributed by atoms with Crippen molar-refractivity contribution in [1.29, 1.82) is 0 Å². The summed E-state index contributed by atoms with van der Waals surface area (Å²) in [6.45, 7) is 3.96. The molecule has 1 aliphatic rings. The number of halogens is 3. The predicted molar refractivity (Wildman–Crippen MR) is 147 cm³/mol. The first-order chi connectivity index (χ1) is 17.8. The zero-order valence-electron chi connectivity index (χ0n) is 19.8. The Morgan fingerprint density at radius 2 is 1.95 bits per heavy atom. The Kier molecular flexibility index (Phi) is 7.19. The maximum Gasteiger partial charge on any atom is 0.255 e. The zero-order valence-corrected chi connectivity index (χ0v) is 22.9. The highest BCUT2D eigenvalue weighted by molar-refractivity contribution is 9.10. The molecule has 0 saturated carbocycles. The molecule has 3 aromatic carbocycles. The minimum Gasteiger partial charge on any atom is -0.488 e. The van der Waals surface area contributed by atoms with Crippen molar-refractivity contribution in [3.63, 3.8) is 0 Å². The number of benzene rings is 3. The summed E-state index contributed by atoms with van der Waals surface area (Å²) in [5.41, 5.74) is 4.22. The first-order valence-electron chi connectivity index (χ1n) is 11.3. The van der Waals surface area contributed by atoms with Crippen molar-refractivity contribution in [2.75, 3.05) is 10.6 Å². The molecule has 0 spiro atoms. The average Bonchev–Trinajstić information content (AvgIpc) is 3.32. The number of hydrogen-bond donors (Lipinski definition) is 2. The van der Waals surface area contributed by atoms with Crippen LogP contribution in [0.25, 0.3) is 0 Å². The largest absolute Gasteiger partial charge is 0.488 e. The lowest BCUT2D eigenvalue weighted by Crippen LogP contribution is -2.32. The van der Waals surface area contributed by atoms with Crippen LogP contribution in [0.1, 0.15) is 29.7 Å². The summed E-state index contributed by atoms with van der Waals surface area (Å²) in [6.07, 6.45) is 0. The predicted octanol–water partition coefficient (Wildman–Crippen LogP) is 6.56. The lowest BCUT2D eigenvalue weighted by Gasteiger charge is -2.29. The summed E-state index contributed by atoms with van der Waals surface area (Å²) in [6, 6.07) is 17.8. The molecule has 1 aliphatic heterocycles. The summed E-state index contributed by atoms with van der Waals surface area (Å²) in [5.74, 6) is 0.690. The summed E-state index contributed by atoms with van der Waals surface area (Å²) in [4.78, 5) is 13.7. The Morgan fingerprint density at radius 1 is 1.14 bits per heavy atom. The van der Waals surface area contributed by atoms with Crippen LogP contribution in [-0.2, 0) is 11.4 Å². The third-order valence-corrected chi connectivity index (χ3v) is 7.10. The summed E-state index contributed by atoms with van der Waals surface area (Å²) in [7, 11) is 0. The lowest BCUT2D eigenvalue weighted by atomic mass is 9.94. The number of aryl methyl sites for hydroxylation is 1. The van der Waals surface area contributed by atoms with Crippen LogP contribution < -0.4 is 15.4 Å². The van der Waals surface area contributed by atoms with Crippen molar-refractivity contribution >= 4 is 56.7 Å². The molecule has 37 heavy (non-hydrogen) atoms. The molecule has 188 valence electrons. The Hall–Kier alpha value is -3.40. The fraction of sp³-hybridized carbons (Fsp3) is 0.154. The molecule has 4 aromatic rings. The molecule has 0 aliphatic carbocycles. The minimum atomic E-state index is -0.663. The number of ether oxygens (including phenoxy) is 1. The number of anilines is 2. The number of amides is 1. The van der Waals surface area contributed by atoms with E-state index in [1.807, 2.05) is 62.4 Å². The van der Waals surface area contributed by atoms with Crippen molar-refractivity contribution in [3.05, 3.63) is 103 Å². The number of carbonyl (C=O) groups excluding carboxylic acids is 1. The second kappa shape index (κ2) is 10.5. The standard InChI is InChI=1S/C26H21BrCl2N6O2/c1-14-5-3-4-6-21(14)31-25(36)23-15(2)30-26-32-33-34-35(26)24(23)19-11-17(27)8-10-22(19)37-13-16-7-9-18(28)12-20(16)29/h3-12,24H,13H2,1-2H3,(H,31,36)(H,30,32,34). The SMILES string of the molecule is CC1=C(C(=O)Nc2ccccc2C)C(c2cc(Br)ccc2OCc2ccc(Cl)cc2Cl)n2nnnc2N1. The molecular weight excluding hydrogens is 579 g/mol. The van der Waals surface area contributed by atoms with Gasteiger partial charge in [-0.3, -0.25) is 4.79 Å². The van der Waals surface area contributed by atoms with Crippen LogP contribution in [0.4, 0.5) is 11.6 Å². The molecule has 1 unspecified atom stereocenters. The van der Waals surface area contributed by atoms with Gasteiger partial charge >= 0.3 is 0 Å². The number of allylic oxidation sites excluding steroid dienone is 1. The van der Waals surface area contributed by atoms with Gasteiger partial charge in [0.2, 0.25) is 5.95 Å². The number of para-hydroxylation sites is 1. The van der Waals surface area contributed by atoms with Crippen LogP contribution in [-0.4, -0.2) is 26.1 Å². The topological polar surface area (TPSA) is 94.0 Å². The van der Waals surface area contributed by atoms with E-state index in [9.17, 15) is 4.79 Å². The number of nitrogens with one attached hydrogen (secondary N) is 2. The van der Waals surface area contributed by atoms with E-state index in [0.717, 1.165) is 21.3 Å². The Labute approximate surface area is 231 Å². The number of fused-ring (bicyclic) bond motifs is 1. The number of aromatic nitrogens is 4. The summed E-state index contributed by atoms with van der Waals surface area (Å²) < 4.78 is 8.62. The van der Waals surface area contributed by atoms with E-state index in [1.54, 1.807) is 16.8 Å². The van der Waals surface area contributed by atoms with E-state index >= 15 is 0 Å². The highest BCUT2D eigenvalue weighted by atomic mass is 79.9. The van der Waals surface area contributed by atoms with E-state index in [1.165, 1.54) is 0 Å². The fourth-order valence-corrected chi connectivity index (χ4v) is 5.00. The van der Waals surface area contributed by atoms with E-state index in [4.69, 9.17) is 27.9 Å². The lowest BCUT2D eigenvalue weighted by molar-refractivity contribution is -0.113. The fourth-order valence-electron chi connectivity index (χ4n) is 4.16. The minimum absolute atomic E-state index is 0.200. The van der Waals surface area contributed by atoms with Crippen molar-refractivity contribution < 1.29 is 9.53 Å². The molecular formula is C26H21BrCl2N6O2. The van der Waals surface area contributed by atoms with Gasteiger partial charge in [0.25, 0.3) is 5.91 Å². The van der Waals surface area contributed by atoms with Gasteiger partial charge in [-0.1, -0.05) is 68.5 Å². The van der Waals surface area contributed by atoms with Gasteiger partial charge in [0, 0.05) is 37.0 Å². The van der Waals surface area contributed by atoms with E-state index in [0.29, 0.717) is 38.6 Å². The summed E-state index contributed by atoms with van der Waals surface area (Å²) >= 11 is 16.0. The first-order valence-corrected chi connectivity index (χ1v) is 12.9. The smallest absolute Gasteiger partial charge is 0.255 e. The van der Waals surface area contributed by atoms with Gasteiger partial charge in [-0.25, -0.2) is 0 Å². The molecule has 0 bridgehead atoms. The van der Waals surface area contributed by atoms with Gasteiger partial charge in [-0.2, -0.15) is 4.68 Å². The van der Waals surface area contributed by atoms with Crippen molar-refractivity contribution in [2.45, 2.75) is 26.5 Å². The molecule has 0 saturated heterocycles. The molecule has 2 N–H and O–H groups in total. The maximum absolute atomic E-state index is 13.7. The van der Waals surface area contributed by atoms with Gasteiger partial charge in [0.1, 0.15) is 18.4 Å². The third kappa shape index (κ3) is 5.20. The van der Waals surface area contributed by atoms with Gasteiger partial charge in [0.05, 0.1) is 5.57 Å².